The third-order valence-corrected chi connectivity index (χ3v) is 7.23. The first kappa shape index (κ1) is 23.2. The molecular weight excluding hydrogens is 422 g/mol. The molecule has 1 aliphatic rings. The van der Waals surface area contributed by atoms with Crippen molar-refractivity contribution in [2.45, 2.75) is 46.0 Å². The van der Waals surface area contributed by atoms with Crippen LogP contribution in [0.15, 0.2) is 91.0 Å². The largest absolute Gasteiger partial charge is 0.341 e. The molecule has 0 unspecified atom stereocenters. The molecule has 4 aromatic carbocycles. The van der Waals surface area contributed by atoms with Gasteiger partial charge in [-0.25, -0.2) is 0 Å². The molecule has 1 aliphatic heterocycles. The Kier molecular flexibility index (Phi) is 6.86. The highest BCUT2D eigenvalue weighted by Crippen LogP contribution is 2.38. The Balaban J connectivity index is 1.66. The molecule has 5 rings (SSSR count). The number of para-hydroxylation sites is 1. The molecule has 0 aliphatic carbocycles. The molecular formula is C34H35N. The van der Waals surface area contributed by atoms with Crippen LogP contribution < -0.4 is 15.3 Å². The summed E-state index contributed by atoms with van der Waals surface area (Å²) in [5.74, 6) is 0. The van der Waals surface area contributed by atoms with Gasteiger partial charge in [0, 0.05) is 17.9 Å². The van der Waals surface area contributed by atoms with Crippen LogP contribution in [-0.4, -0.2) is 6.54 Å². The Bertz CT molecular complexity index is 1410. The van der Waals surface area contributed by atoms with Gasteiger partial charge in [-0.15, -0.1) is 0 Å². The SMILES string of the molecule is C=c1ccc(=C(c2ccc(CC)cc2)c2ccc3c(c2)CCc2ccccc2N3CCCC)cc1. The van der Waals surface area contributed by atoms with Crippen molar-refractivity contribution < 1.29 is 0 Å². The van der Waals surface area contributed by atoms with E-state index < -0.39 is 0 Å². The predicted octanol–water partition coefficient (Wildman–Crippen LogP) is 6.94. The number of fused-ring (bicyclic) bond motifs is 2. The molecule has 0 N–H and O–H groups in total. The lowest BCUT2D eigenvalue weighted by Gasteiger charge is -2.27. The van der Waals surface area contributed by atoms with E-state index in [1.807, 2.05) is 0 Å². The molecule has 1 nitrogen and oxygen atoms in total. The fourth-order valence-electron chi connectivity index (χ4n) is 5.22. The summed E-state index contributed by atoms with van der Waals surface area (Å²) in [6, 6.07) is 33.8. The number of rotatable bonds is 6. The van der Waals surface area contributed by atoms with Crippen molar-refractivity contribution in [2.75, 3.05) is 11.4 Å². The van der Waals surface area contributed by atoms with Crippen LogP contribution >= 0.6 is 0 Å². The van der Waals surface area contributed by atoms with Crippen LogP contribution in [0.4, 0.5) is 11.4 Å². The van der Waals surface area contributed by atoms with Gasteiger partial charge in [-0.1, -0.05) is 99.6 Å². The topological polar surface area (TPSA) is 3.24 Å². The molecule has 0 amide bonds. The summed E-state index contributed by atoms with van der Waals surface area (Å²) in [5, 5.41) is 2.28. The van der Waals surface area contributed by atoms with Gasteiger partial charge in [0.2, 0.25) is 0 Å². The van der Waals surface area contributed by atoms with Gasteiger partial charge in [0.15, 0.2) is 0 Å². The molecule has 4 aromatic rings. The van der Waals surface area contributed by atoms with Crippen molar-refractivity contribution in [3.05, 3.63) is 129 Å². The maximum absolute atomic E-state index is 4.09. The van der Waals surface area contributed by atoms with Crippen LogP contribution in [0.3, 0.4) is 0 Å². The molecule has 0 atom stereocenters. The summed E-state index contributed by atoms with van der Waals surface area (Å²) in [5.41, 5.74) is 10.8. The summed E-state index contributed by atoms with van der Waals surface area (Å²) < 4.78 is 0. The van der Waals surface area contributed by atoms with E-state index in [1.165, 1.54) is 62.8 Å². The third kappa shape index (κ3) is 4.82. The quantitative estimate of drug-likeness (QED) is 0.303. The number of benzene rings is 4. The number of hydrogen-bond acceptors (Lipinski definition) is 1. The van der Waals surface area contributed by atoms with Gasteiger partial charge in [-0.3, -0.25) is 0 Å². The maximum Gasteiger partial charge on any atom is 0.0443 e. The second-order valence-corrected chi connectivity index (χ2v) is 9.60. The van der Waals surface area contributed by atoms with Crippen molar-refractivity contribution >= 4 is 23.5 Å². The highest BCUT2D eigenvalue weighted by Gasteiger charge is 2.21. The Morgan fingerprint density at radius 3 is 2.17 bits per heavy atom. The van der Waals surface area contributed by atoms with Crippen molar-refractivity contribution in [3.8, 4) is 0 Å². The highest BCUT2D eigenvalue weighted by atomic mass is 15.1. The second-order valence-electron chi connectivity index (χ2n) is 9.60. The van der Waals surface area contributed by atoms with E-state index in [9.17, 15) is 0 Å². The Labute approximate surface area is 210 Å². The van der Waals surface area contributed by atoms with Crippen LogP contribution in [0, 0.1) is 0 Å². The number of unbranched alkanes of at least 4 members (excludes halogenated alkanes) is 1. The first-order chi connectivity index (χ1) is 17.2. The lowest BCUT2D eigenvalue weighted by atomic mass is 9.92. The lowest BCUT2D eigenvalue weighted by Crippen LogP contribution is -2.19. The normalized spacial score (nSPS) is 12.6. The summed E-state index contributed by atoms with van der Waals surface area (Å²) in [7, 11) is 0. The van der Waals surface area contributed by atoms with Crippen molar-refractivity contribution in [1.29, 1.82) is 0 Å². The summed E-state index contributed by atoms with van der Waals surface area (Å²) >= 11 is 0. The molecule has 1 heterocycles. The van der Waals surface area contributed by atoms with Gasteiger partial charge >= 0.3 is 0 Å². The third-order valence-electron chi connectivity index (χ3n) is 7.23. The average molecular weight is 458 g/mol. The van der Waals surface area contributed by atoms with E-state index in [0.29, 0.717) is 0 Å². The van der Waals surface area contributed by atoms with Crippen LogP contribution in [-0.2, 0) is 19.3 Å². The number of nitrogens with zero attached hydrogens (tertiary/aromatic N) is 1. The molecule has 0 spiro atoms. The smallest absolute Gasteiger partial charge is 0.0443 e. The summed E-state index contributed by atoms with van der Waals surface area (Å²) in [6.45, 7) is 9.63. The average Bonchev–Trinajstić information content (AvgIpc) is 3.05. The van der Waals surface area contributed by atoms with E-state index in [1.54, 1.807) is 0 Å². The minimum absolute atomic E-state index is 1.04. The lowest BCUT2D eigenvalue weighted by molar-refractivity contribution is 0.784. The number of anilines is 2. The monoisotopic (exact) mass is 457 g/mol. The zero-order valence-electron chi connectivity index (χ0n) is 21.1. The molecule has 0 aromatic heterocycles. The molecule has 0 fully saturated rings. The number of hydrogen-bond donors (Lipinski definition) is 0. The minimum atomic E-state index is 1.04. The highest BCUT2D eigenvalue weighted by molar-refractivity contribution is 5.82. The molecule has 1 heteroatoms. The Hall–Kier alpha value is -3.58. The second kappa shape index (κ2) is 10.4. The first-order valence-corrected chi connectivity index (χ1v) is 13.0. The van der Waals surface area contributed by atoms with Gasteiger partial charge in [0.1, 0.15) is 0 Å². The van der Waals surface area contributed by atoms with Crippen molar-refractivity contribution in [2.24, 2.45) is 0 Å². The first-order valence-electron chi connectivity index (χ1n) is 13.0. The standard InChI is InChI=1S/C34H35N/c1-4-6-23-35-32-10-8-7-9-27(32)19-20-30-24-31(21-22-33(30)35)34(28-15-11-25(3)12-16-28)29-17-13-26(5-2)14-18-29/h7-18,21-22,24H,3-6,19-20,23H2,1-2H3. The van der Waals surface area contributed by atoms with Crippen LogP contribution in [0.2, 0.25) is 0 Å². The van der Waals surface area contributed by atoms with Crippen LogP contribution in [0.5, 0.6) is 0 Å². The van der Waals surface area contributed by atoms with Gasteiger partial charge < -0.3 is 4.90 Å². The molecule has 35 heavy (non-hydrogen) atoms. The summed E-state index contributed by atoms with van der Waals surface area (Å²) in [6.07, 6.45) is 5.57. The molecule has 0 bridgehead atoms. The zero-order valence-corrected chi connectivity index (χ0v) is 21.1. The van der Waals surface area contributed by atoms with E-state index in [-0.39, 0.29) is 0 Å². The van der Waals surface area contributed by atoms with Crippen LogP contribution in [0.25, 0.3) is 12.2 Å². The fraction of sp³-hybridized carbons (Fsp3) is 0.235. The minimum Gasteiger partial charge on any atom is -0.341 e. The molecule has 0 saturated carbocycles. The van der Waals surface area contributed by atoms with Crippen molar-refractivity contribution in [3.63, 3.8) is 0 Å². The number of aryl methyl sites for hydroxylation is 3. The molecule has 0 saturated heterocycles. The zero-order chi connectivity index (χ0) is 24.2. The Morgan fingerprint density at radius 2 is 1.43 bits per heavy atom. The maximum atomic E-state index is 4.09. The predicted molar refractivity (Wildman–Crippen MR) is 151 cm³/mol. The van der Waals surface area contributed by atoms with E-state index in [2.05, 4.69) is 116 Å². The van der Waals surface area contributed by atoms with E-state index in [4.69, 9.17) is 0 Å². The van der Waals surface area contributed by atoms with E-state index >= 15 is 0 Å². The van der Waals surface area contributed by atoms with Crippen molar-refractivity contribution in [1.82, 2.24) is 0 Å². The molecule has 176 valence electrons. The van der Waals surface area contributed by atoms with Crippen LogP contribution in [0.1, 0.15) is 54.5 Å². The Morgan fingerprint density at radius 1 is 0.743 bits per heavy atom. The fourth-order valence-corrected chi connectivity index (χ4v) is 5.22. The van der Waals surface area contributed by atoms with Gasteiger partial charge in [-0.2, -0.15) is 0 Å². The van der Waals surface area contributed by atoms with Gasteiger partial charge in [0.05, 0.1) is 0 Å². The van der Waals surface area contributed by atoms with Gasteiger partial charge in [-0.05, 0) is 87.7 Å². The van der Waals surface area contributed by atoms with E-state index in [0.717, 1.165) is 31.0 Å². The summed E-state index contributed by atoms with van der Waals surface area (Å²) in [4.78, 5) is 2.55. The molecule has 0 radical (unpaired) electrons. The van der Waals surface area contributed by atoms with Gasteiger partial charge in [0.25, 0.3) is 0 Å².